The van der Waals surface area contributed by atoms with Gasteiger partial charge >= 0.3 is 6.03 Å². The van der Waals surface area contributed by atoms with E-state index in [0.717, 1.165) is 6.07 Å². The molecule has 6 rings (SSSR count). The zero-order chi connectivity index (χ0) is 22.7. The first kappa shape index (κ1) is 21.3. The predicted octanol–water partition coefficient (Wildman–Crippen LogP) is 4.38. The number of halogens is 4. The number of nitrogens with zero attached hydrogens (tertiary/aromatic N) is 2. The average molecular weight is 482 g/mol. The fourth-order valence-corrected chi connectivity index (χ4v) is 5.31. The highest BCUT2D eigenvalue weighted by atomic mass is 35.5. The molecule has 2 bridgehead atoms. The molecule has 4 fully saturated rings. The molecule has 0 spiro atoms. The van der Waals surface area contributed by atoms with Crippen molar-refractivity contribution in [2.24, 2.45) is 0 Å². The normalized spacial score (nSPS) is 25.9. The second-order valence-electron chi connectivity index (χ2n) is 8.63. The van der Waals surface area contributed by atoms with Gasteiger partial charge < -0.3 is 15.0 Å². The van der Waals surface area contributed by atoms with E-state index in [1.54, 1.807) is 11.0 Å². The fraction of sp³-hybridized carbons (Fsp3) is 0.364. The number of ether oxygens (including phenoxy) is 1. The Hall–Kier alpha value is -2.58. The Bertz CT molecular complexity index is 1110. The molecule has 0 aromatic heterocycles. The smallest absolute Gasteiger partial charge is 0.325 e. The Balaban J connectivity index is 1.14. The third-order valence-electron chi connectivity index (χ3n) is 6.46. The van der Waals surface area contributed by atoms with Crippen LogP contribution in [0.15, 0.2) is 36.4 Å². The van der Waals surface area contributed by atoms with Crippen LogP contribution in [0.1, 0.15) is 19.3 Å². The average Bonchev–Trinajstić information content (AvgIpc) is 3.08. The van der Waals surface area contributed by atoms with E-state index in [0.29, 0.717) is 38.0 Å². The van der Waals surface area contributed by atoms with E-state index in [9.17, 15) is 18.4 Å². The largest absolute Gasteiger partial charge is 0.484 e. The molecule has 0 atom stereocenters. The summed E-state index contributed by atoms with van der Waals surface area (Å²) < 4.78 is 32.6. The van der Waals surface area contributed by atoms with Crippen molar-refractivity contribution in [3.63, 3.8) is 0 Å². The molecule has 1 aliphatic heterocycles. The summed E-state index contributed by atoms with van der Waals surface area (Å²) in [6.45, 7) is 0.763. The maximum Gasteiger partial charge on any atom is 0.325 e. The van der Waals surface area contributed by atoms with E-state index in [2.05, 4.69) is 5.32 Å². The lowest BCUT2D eigenvalue weighted by molar-refractivity contribution is -0.165. The summed E-state index contributed by atoms with van der Waals surface area (Å²) in [7, 11) is 0. The molecule has 1 N–H and O–H groups in total. The van der Waals surface area contributed by atoms with Crippen molar-refractivity contribution in [3.05, 3.63) is 58.1 Å². The number of amides is 3. The van der Waals surface area contributed by atoms with Gasteiger partial charge in [0.1, 0.15) is 17.4 Å². The molecule has 1 saturated heterocycles. The monoisotopic (exact) mass is 481 g/mol. The van der Waals surface area contributed by atoms with Crippen LogP contribution in [0, 0.1) is 11.6 Å². The maximum absolute atomic E-state index is 13.8. The van der Waals surface area contributed by atoms with E-state index < -0.39 is 11.6 Å². The van der Waals surface area contributed by atoms with Crippen molar-refractivity contribution in [1.82, 2.24) is 10.2 Å². The zero-order valence-corrected chi connectivity index (χ0v) is 18.3. The van der Waals surface area contributed by atoms with Crippen LogP contribution < -0.4 is 15.0 Å². The van der Waals surface area contributed by atoms with Gasteiger partial charge in [0.25, 0.3) is 5.91 Å². The number of rotatable bonds is 6. The van der Waals surface area contributed by atoms with E-state index >= 15 is 0 Å². The molecule has 168 valence electrons. The molecule has 0 radical (unpaired) electrons. The highest BCUT2D eigenvalue weighted by Crippen LogP contribution is 2.64. The first-order valence-electron chi connectivity index (χ1n) is 10.1. The van der Waals surface area contributed by atoms with Gasteiger partial charge in [-0.1, -0.05) is 23.2 Å². The quantitative estimate of drug-likeness (QED) is 0.665. The molecule has 10 heteroatoms. The molecule has 3 aliphatic carbocycles. The second-order valence-corrected chi connectivity index (χ2v) is 9.45. The second kappa shape index (κ2) is 7.49. The number of hydrogen-bond acceptors (Lipinski definition) is 3. The lowest BCUT2D eigenvalue weighted by atomic mass is 9.43. The van der Waals surface area contributed by atoms with Gasteiger partial charge in [-0.05, 0) is 49.6 Å². The molecule has 2 aromatic carbocycles. The SMILES string of the molecule is O=C(COc1ccc(Cl)c(F)c1)NC12CC(N3CCN(c4ccc(Cl)c(F)c4)C3=O)(C1)C2. The van der Waals surface area contributed by atoms with Gasteiger partial charge in [-0.25, -0.2) is 13.6 Å². The van der Waals surface area contributed by atoms with Gasteiger partial charge in [0.15, 0.2) is 6.61 Å². The summed E-state index contributed by atoms with van der Waals surface area (Å²) in [6.07, 6.45) is 1.99. The van der Waals surface area contributed by atoms with Crippen LogP contribution >= 0.6 is 23.2 Å². The summed E-state index contributed by atoms with van der Waals surface area (Å²) in [4.78, 5) is 28.6. The third kappa shape index (κ3) is 3.46. The summed E-state index contributed by atoms with van der Waals surface area (Å²) in [5.74, 6) is -1.26. The van der Waals surface area contributed by atoms with Crippen LogP contribution in [0.2, 0.25) is 10.0 Å². The van der Waals surface area contributed by atoms with Crippen LogP contribution in [0.25, 0.3) is 0 Å². The van der Waals surface area contributed by atoms with Crippen LogP contribution in [-0.2, 0) is 4.79 Å². The lowest BCUT2D eigenvalue weighted by Crippen LogP contribution is -2.84. The fourth-order valence-electron chi connectivity index (χ4n) is 5.07. The van der Waals surface area contributed by atoms with Gasteiger partial charge in [0.2, 0.25) is 0 Å². The third-order valence-corrected chi connectivity index (χ3v) is 7.08. The minimum absolute atomic E-state index is 0.0135. The zero-order valence-electron chi connectivity index (χ0n) is 16.8. The van der Waals surface area contributed by atoms with Gasteiger partial charge in [-0.15, -0.1) is 0 Å². The number of nitrogens with one attached hydrogen (secondary N) is 1. The Morgan fingerprint density at radius 2 is 1.69 bits per heavy atom. The first-order chi connectivity index (χ1) is 15.2. The highest BCUT2D eigenvalue weighted by Gasteiger charge is 2.72. The molecule has 3 amide bonds. The van der Waals surface area contributed by atoms with Crippen LogP contribution in [0.3, 0.4) is 0 Å². The number of urea groups is 1. The molecule has 4 aliphatic rings. The van der Waals surface area contributed by atoms with Crippen molar-refractivity contribution in [3.8, 4) is 5.75 Å². The van der Waals surface area contributed by atoms with Gasteiger partial charge in [-0.3, -0.25) is 9.69 Å². The maximum atomic E-state index is 13.8. The summed E-state index contributed by atoms with van der Waals surface area (Å²) in [5.41, 5.74) is -0.138. The van der Waals surface area contributed by atoms with Gasteiger partial charge in [-0.2, -0.15) is 0 Å². The molecule has 32 heavy (non-hydrogen) atoms. The molecule has 0 unspecified atom stereocenters. The van der Waals surface area contributed by atoms with E-state index in [4.69, 9.17) is 27.9 Å². The van der Waals surface area contributed by atoms with Crippen molar-refractivity contribution >= 4 is 40.8 Å². The Kier molecular flexibility index (Phi) is 4.98. The van der Waals surface area contributed by atoms with Crippen molar-refractivity contribution in [2.75, 3.05) is 24.6 Å². The van der Waals surface area contributed by atoms with Crippen molar-refractivity contribution in [2.45, 2.75) is 30.3 Å². The van der Waals surface area contributed by atoms with Gasteiger partial charge in [0, 0.05) is 30.4 Å². The summed E-state index contributed by atoms with van der Waals surface area (Å²) in [5, 5.41) is 2.97. The lowest BCUT2D eigenvalue weighted by Gasteiger charge is -2.72. The Morgan fingerprint density at radius 3 is 2.34 bits per heavy atom. The molecule has 1 heterocycles. The number of benzene rings is 2. The number of hydrogen-bond donors (Lipinski definition) is 1. The minimum atomic E-state index is -0.614. The van der Waals surface area contributed by atoms with Crippen LogP contribution in [0.5, 0.6) is 5.75 Å². The Morgan fingerprint density at radius 1 is 1.03 bits per heavy atom. The van der Waals surface area contributed by atoms with E-state index in [1.807, 2.05) is 4.90 Å². The van der Waals surface area contributed by atoms with E-state index in [1.165, 1.54) is 24.3 Å². The number of anilines is 1. The molecule has 2 aromatic rings. The number of carbonyl (C=O) groups excluding carboxylic acids is 2. The molecule has 3 saturated carbocycles. The van der Waals surface area contributed by atoms with Crippen molar-refractivity contribution in [1.29, 1.82) is 0 Å². The topological polar surface area (TPSA) is 61.9 Å². The van der Waals surface area contributed by atoms with E-state index in [-0.39, 0.29) is 45.4 Å². The standard InChI is InChI=1S/C22H19Cl2F2N3O3/c23-15-3-1-13(7-17(15)25)28-5-6-29(20(28)31)22-10-21(11-22,12-22)27-19(30)9-32-14-2-4-16(24)18(26)8-14/h1-4,7-8H,5-6,9-12H2,(H,27,30). The molecular weight excluding hydrogens is 463 g/mol. The first-order valence-corrected chi connectivity index (χ1v) is 10.9. The van der Waals surface area contributed by atoms with Gasteiger partial charge in [0.05, 0.1) is 15.6 Å². The summed E-state index contributed by atoms with van der Waals surface area (Å²) in [6, 6.07) is 8.15. The van der Waals surface area contributed by atoms with Crippen molar-refractivity contribution < 1.29 is 23.1 Å². The molecule has 6 nitrogen and oxygen atoms in total. The highest BCUT2D eigenvalue weighted by molar-refractivity contribution is 6.31. The number of carbonyl (C=O) groups is 2. The minimum Gasteiger partial charge on any atom is -0.484 e. The Labute approximate surface area is 193 Å². The van der Waals surface area contributed by atoms with Crippen LogP contribution in [-0.4, -0.2) is 47.6 Å². The summed E-state index contributed by atoms with van der Waals surface area (Å²) >= 11 is 11.4. The van der Waals surface area contributed by atoms with Crippen LogP contribution in [0.4, 0.5) is 19.3 Å². The molecular formula is C22H19Cl2F2N3O3. The predicted molar refractivity (Wildman–Crippen MR) is 115 cm³/mol.